The summed E-state index contributed by atoms with van der Waals surface area (Å²) in [6.45, 7) is 0. The summed E-state index contributed by atoms with van der Waals surface area (Å²) in [5, 5.41) is 1.30. The standard InChI is InChI=1S/C13H15Cl2N3/c1-18-5-4-17-13(18)8-11(16)6-9-2-3-10(14)7-12(9)15/h2-5,7,11H,6,8,16H2,1H3. The summed E-state index contributed by atoms with van der Waals surface area (Å²) in [4.78, 5) is 4.26. The van der Waals surface area contributed by atoms with Crippen LogP contribution in [0, 0.1) is 0 Å². The SMILES string of the molecule is Cn1ccnc1CC(N)Cc1ccc(Cl)cc1Cl. The molecule has 2 aromatic rings. The molecule has 0 aliphatic rings. The fourth-order valence-corrected chi connectivity index (χ4v) is 2.36. The Balaban J connectivity index is 2.03. The van der Waals surface area contributed by atoms with Gasteiger partial charge in [-0.2, -0.15) is 0 Å². The van der Waals surface area contributed by atoms with E-state index in [2.05, 4.69) is 4.98 Å². The summed E-state index contributed by atoms with van der Waals surface area (Å²) >= 11 is 12.0. The summed E-state index contributed by atoms with van der Waals surface area (Å²) in [5.74, 6) is 0.979. The third kappa shape index (κ3) is 3.25. The van der Waals surface area contributed by atoms with Crippen LogP contribution in [-0.4, -0.2) is 15.6 Å². The molecule has 0 aliphatic heterocycles. The highest BCUT2D eigenvalue weighted by Gasteiger charge is 2.11. The number of halogens is 2. The smallest absolute Gasteiger partial charge is 0.109 e. The maximum absolute atomic E-state index is 6.13. The average molecular weight is 284 g/mol. The summed E-state index contributed by atoms with van der Waals surface area (Å²) in [6, 6.07) is 5.48. The van der Waals surface area contributed by atoms with Crippen molar-refractivity contribution in [2.75, 3.05) is 0 Å². The number of aryl methyl sites for hydroxylation is 1. The van der Waals surface area contributed by atoms with Gasteiger partial charge in [-0.15, -0.1) is 0 Å². The number of aromatic nitrogens is 2. The first-order chi connectivity index (χ1) is 8.56. The number of hydrogen-bond acceptors (Lipinski definition) is 2. The second kappa shape index (κ2) is 5.74. The van der Waals surface area contributed by atoms with Gasteiger partial charge in [-0.3, -0.25) is 0 Å². The largest absolute Gasteiger partial charge is 0.338 e. The highest BCUT2D eigenvalue weighted by atomic mass is 35.5. The zero-order valence-corrected chi connectivity index (χ0v) is 11.6. The topological polar surface area (TPSA) is 43.8 Å². The molecule has 0 aliphatic carbocycles. The van der Waals surface area contributed by atoms with Crippen molar-refractivity contribution in [3.63, 3.8) is 0 Å². The lowest BCUT2D eigenvalue weighted by molar-refractivity contribution is 0.622. The molecule has 5 heteroatoms. The molecule has 0 saturated heterocycles. The van der Waals surface area contributed by atoms with E-state index in [9.17, 15) is 0 Å². The van der Waals surface area contributed by atoms with Gasteiger partial charge >= 0.3 is 0 Å². The van der Waals surface area contributed by atoms with Gasteiger partial charge in [-0.1, -0.05) is 29.3 Å². The molecule has 0 fully saturated rings. The minimum absolute atomic E-state index is 0.00947. The predicted molar refractivity (Wildman–Crippen MR) is 75.1 cm³/mol. The number of rotatable bonds is 4. The third-order valence-corrected chi connectivity index (χ3v) is 3.45. The molecule has 0 bridgehead atoms. The van der Waals surface area contributed by atoms with E-state index in [1.165, 1.54) is 0 Å². The molecular formula is C13H15Cl2N3. The zero-order chi connectivity index (χ0) is 13.1. The predicted octanol–water partition coefficient (Wildman–Crippen LogP) is 2.84. The van der Waals surface area contributed by atoms with Crippen molar-refractivity contribution in [2.24, 2.45) is 12.8 Å². The molecule has 1 atom stereocenters. The normalized spacial score (nSPS) is 12.7. The number of imidazole rings is 1. The van der Waals surface area contributed by atoms with Gasteiger partial charge in [0.25, 0.3) is 0 Å². The average Bonchev–Trinajstić information content (AvgIpc) is 2.69. The molecule has 1 aromatic heterocycles. The molecule has 3 nitrogen and oxygen atoms in total. The van der Waals surface area contributed by atoms with Crippen molar-refractivity contribution in [1.82, 2.24) is 9.55 Å². The van der Waals surface area contributed by atoms with Crippen LogP contribution in [0.4, 0.5) is 0 Å². The summed E-state index contributed by atoms with van der Waals surface area (Å²) in [6.07, 6.45) is 5.12. The molecular weight excluding hydrogens is 269 g/mol. The van der Waals surface area contributed by atoms with Gasteiger partial charge in [0.05, 0.1) is 0 Å². The maximum atomic E-state index is 6.13. The molecule has 0 amide bonds. The van der Waals surface area contributed by atoms with Gasteiger partial charge in [0.2, 0.25) is 0 Å². The van der Waals surface area contributed by atoms with E-state index in [1.54, 1.807) is 12.3 Å². The lowest BCUT2D eigenvalue weighted by atomic mass is 10.0. The highest BCUT2D eigenvalue weighted by molar-refractivity contribution is 6.35. The first kappa shape index (κ1) is 13.4. The van der Waals surface area contributed by atoms with Gasteiger partial charge in [0.15, 0.2) is 0 Å². The minimum Gasteiger partial charge on any atom is -0.338 e. The van der Waals surface area contributed by atoms with E-state index in [0.717, 1.165) is 17.8 Å². The van der Waals surface area contributed by atoms with Crippen LogP contribution in [0.15, 0.2) is 30.6 Å². The summed E-state index contributed by atoms with van der Waals surface area (Å²) in [5.41, 5.74) is 7.14. The molecule has 2 N–H and O–H groups in total. The number of hydrogen-bond donors (Lipinski definition) is 1. The Morgan fingerprint density at radius 1 is 1.33 bits per heavy atom. The van der Waals surface area contributed by atoms with Gasteiger partial charge in [0.1, 0.15) is 5.82 Å². The van der Waals surface area contributed by atoms with Crippen molar-refractivity contribution < 1.29 is 0 Å². The maximum Gasteiger partial charge on any atom is 0.109 e. The Bertz CT molecular complexity index is 537. The first-order valence-electron chi connectivity index (χ1n) is 5.72. The molecule has 1 heterocycles. The van der Waals surface area contributed by atoms with Crippen LogP contribution in [0.2, 0.25) is 10.0 Å². The summed E-state index contributed by atoms with van der Waals surface area (Å²) in [7, 11) is 1.96. The Kier molecular flexibility index (Phi) is 4.27. The summed E-state index contributed by atoms with van der Waals surface area (Å²) < 4.78 is 1.98. The molecule has 0 saturated carbocycles. The van der Waals surface area contributed by atoms with Crippen LogP contribution in [0.5, 0.6) is 0 Å². The van der Waals surface area contributed by atoms with E-state index < -0.39 is 0 Å². The Morgan fingerprint density at radius 3 is 2.72 bits per heavy atom. The molecule has 0 radical (unpaired) electrons. The van der Waals surface area contributed by atoms with Crippen LogP contribution >= 0.6 is 23.2 Å². The number of nitrogens with two attached hydrogens (primary N) is 1. The molecule has 1 unspecified atom stereocenters. The van der Waals surface area contributed by atoms with Crippen LogP contribution in [0.1, 0.15) is 11.4 Å². The molecule has 2 rings (SSSR count). The Hall–Kier alpha value is -1.03. The molecule has 96 valence electrons. The Labute approximate surface area is 117 Å². The van der Waals surface area contributed by atoms with Crippen molar-refractivity contribution in [3.8, 4) is 0 Å². The third-order valence-electron chi connectivity index (χ3n) is 2.86. The van der Waals surface area contributed by atoms with E-state index >= 15 is 0 Å². The zero-order valence-electron chi connectivity index (χ0n) is 10.1. The quantitative estimate of drug-likeness (QED) is 0.938. The van der Waals surface area contributed by atoms with E-state index in [1.807, 2.05) is 29.9 Å². The fraction of sp³-hybridized carbons (Fsp3) is 0.308. The molecule has 0 spiro atoms. The van der Waals surface area contributed by atoms with Crippen LogP contribution in [-0.2, 0) is 19.9 Å². The van der Waals surface area contributed by atoms with Crippen LogP contribution < -0.4 is 5.73 Å². The van der Waals surface area contributed by atoms with Gasteiger partial charge < -0.3 is 10.3 Å². The van der Waals surface area contributed by atoms with E-state index in [-0.39, 0.29) is 6.04 Å². The fourth-order valence-electron chi connectivity index (χ4n) is 1.87. The minimum atomic E-state index is -0.00947. The van der Waals surface area contributed by atoms with Crippen molar-refractivity contribution >= 4 is 23.2 Å². The lowest BCUT2D eigenvalue weighted by Gasteiger charge is -2.12. The van der Waals surface area contributed by atoms with E-state index in [0.29, 0.717) is 16.5 Å². The van der Waals surface area contributed by atoms with Crippen LogP contribution in [0.25, 0.3) is 0 Å². The molecule has 1 aromatic carbocycles. The monoisotopic (exact) mass is 283 g/mol. The first-order valence-corrected chi connectivity index (χ1v) is 6.47. The van der Waals surface area contributed by atoms with Gasteiger partial charge in [-0.05, 0) is 24.1 Å². The van der Waals surface area contributed by atoms with Gasteiger partial charge in [-0.25, -0.2) is 4.98 Å². The van der Waals surface area contributed by atoms with E-state index in [4.69, 9.17) is 28.9 Å². The van der Waals surface area contributed by atoms with Gasteiger partial charge in [0, 0.05) is 41.9 Å². The molecule has 18 heavy (non-hydrogen) atoms. The second-order valence-corrected chi connectivity index (χ2v) is 5.20. The number of benzene rings is 1. The van der Waals surface area contributed by atoms with Crippen LogP contribution in [0.3, 0.4) is 0 Å². The highest BCUT2D eigenvalue weighted by Crippen LogP contribution is 2.22. The van der Waals surface area contributed by atoms with Crippen molar-refractivity contribution in [2.45, 2.75) is 18.9 Å². The second-order valence-electron chi connectivity index (χ2n) is 4.36. The van der Waals surface area contributed by atoms with Crippen molar-refractivity contribution in [1.29, 1.82) is 0 Å². The van der Waals surface area contributed by atoms with Crippen molar-refractivity contribution in [3.05, 3.63) is 52.0 Å². The Morgan fingerprint density at radius 2 is 2.11 bits per heavy atom. The lowest BCUT2D eigenvalue weighted by Crippen LogP contribution is -2.27. The number of nitrogens with zero attached hydrogens (tertiary/aromatic N) is 2.